The predicted octanol–water partition coefficient (Wildman–Crippen LogP) is 2.80. The summed E-state index contributed by atoms with van der Waals surface area (Å²) in [5.41, 5.74) is 0. The summed E-state index contributed by atoms with van der Waals surface area (Å²) in [5.74, 6) is 1.20. The molecule has 1 atom stereocenters. The smallest absolute Gasteiger partial charge is 0.237 e. The number of aromatic nitrogens is 1. The number of hydrogen-bond donors (Lipinski definition) is 2. The first-order chi connectivity index (χ1) is 11.8. The number of carbonyl (C=O) groups excluding carboxylic acids is 1. The van der Waals surface area contributed by atoms with Crippen LogP contribution >= 0.6 is 0 Å². The molecular formula is C19H30N4O. The molecule has 1 amide bonds. The molecule has 2 aliphatic rings. The maximum atomic E-state index is 12.6. The summed E-state index contributed by atoms with van der Waals surface area (Å²) in [6.45, 7) is 4.19. The number of piperidine rings is 1. The Hall–Kier alpha value is -1.62. The van der Waals surface area contributed by atoms with Crippen LogP contribution in [0.15, 0.2) is 24.4 Å². The van der Waals surface area contributed by atoms with Crippen LogP contribution in [-0.4, -0.2) is 47.0 Å². The molecule has 24 heavy (non-hydrogen) atoms. The number of pyridine rings is 1. The summed E-state index contributed by atoms with van der Waals surface area (Å²) >= 11 is 0. The van der Waals surface area contributed by atoms with Gasteiger partial charge in [-0.15, -0.1) is 0 Å². The average Bonchev–Trinajstić information content (AvgIpc) is 2.64. The van der Waals surface area contributed by atoms with E-state index >= 15 is 0 Å². The van der Waals surface area contributed by atoms with E-state index in [-0.39, 0.29) is 11.9 Å². The third-order valence-corrected chi connectivity index (χ3v) is 5.41. The number of carbonyl (C=O) groups is 1. The Morgan fingerprint density at radius 3 is 2.67 bits per heavy atom. The van der Waals surface area contributed by atoms with Gasteiger partial charge in [0.15, 0.2) is 0 Å². The SMILES string of the molecule is CCN1CCCC[C@H]1C(=O)NC1CCC(Nc2ccccn2)CC1. The van der Waals surface area contributed by atoms with E-state index in [0.717, 1.165) is 51.0 Å². The van der Waals surface area contributed by atoms with Crippen molar-refractivity contribution in [3.63, 3.8) is 0 Å². The van der Waals surface area contributed by atoms with E-state index in [2.05, 4.69) is 27.4 Å². The number of nitrogens with zero attached hydrogens (tertiary/aromatic N) is 2. The second-order valence-electron chi connectivity index (χ2n) is 7.06. The highest BCUT2D eigenvalue weighted by Gasteiger charge is 2.30. The molecule has 2 N–H and O–H groups in total. The van der Waals surface area contributed by atoms with Crippen LogP contribution in [0.3, 0.4) is 0 Å². The second-order valence-corrected chi connectivity index (χ2v) is 7.06. The number of anilines is 1. The molecule has 132 valence electrons. The number of hydrogen-bond acceptors (Lipinski definition) is 4. The minimum Gasteiger partial charge on any atom is -0.367 e. The largest absolute Gasteiger partial charge is 0.367 e. The van der Waals surface area contributed by atoms with Crippen molar-refractivity contribution in [1.82, 2.24) is 15.2 Å². The number of likely N-dealkylation sites (N-methyl/N-ethyl adjacent to an activating group) is 1. The Labute approximate surface area is 145 Å². The van der Waals surface area contributed by atoms with Crippen molar-refractivity contribution in [2.75, 3.05) is 18.4 Å². The van der Waals surface area contributed by atoms with Crippen LogP contribution in [0.2, 0.25) is 0 Å². The van der Waals surface area contributed by atoms with Crippen molar-refractivity contribution in [3.05, 3.63) is 24.4 Å². The maximum absolute atomic E-state index is 12.6. The highest BCUT2D eigenvalue weighted by molar-refractivity contribution is 5.82. The molecule has 0 radical (unpaired) electrons. The van der Waals surface area contributed by atoms with Gasteiger partial charge in [0.25, 0.3) is 0 Å². The Kier molecular flexibility index (Phi) is 6.07. The molecule has 0 unspecified atom stereocenters. The molecule has 3 rings (SSSR count). The van der Waals surface area contributed by atoms with E-state index in [0.29, 0.717) is 12.1 Å². The molecule has 1 aromatic heterocycles. The van der Waals surface area contributed by atoms with Gasteiger partial charge in [-0.1, -0.05) is 19.4 Å². The highest BCUT2D eigenvalue weighted by Crippen LogP contribution is 2.23. The molecule has 0 spiro atoms. The van der Waals surface area contributed by atoms with Crippen LogP contribution in [-0.2, 0) is 4.79 Å². The molecular weight excluding hydrogens is 300 g/mol. The predicted molar refractivity (Wildman–Crippen MR) is 96.9 cm³/mol. The minimum absolute atomic E-state index is 0.0908. The first kappa shape index (κ1) is 17.2. The summed E-state index contributed by atoms with van der Waals surface area (Å²) in [6, 6.07) is 6.84. The monoisotopic (exact) mass is 330 g/mol. The maximum Gasteiger partial charge on any atom is 0.237 e. The third-order valence-electron chi connectivity index (χ3n) is 5.41. The van der Waals surface area contributed by atoms with Crippen molar-refractivity contribution in [2.45, 2.75) is 70.0 Å². The molecule has 1 aromatic rings. The highest BCUT2D eigenvalue weighted by atomic mass is 16.2. The number of amides is 1. The first-order valence-electron chi connectivity index (χ1n) is 9.48. The van der Waals surface area contributed by atoms with E-state index in [1.807, 2.05) is 24.4 Å². The van der Waals surface area contributed by atoms with E-state index < -0.39 is 0 Å². The van der Waals surface area contributed by atoms with Gasteiger partial charge >= 0.3 is 0 Å². The molecule has 0 bridgehead atoms. The topological polar surface area (TPSA) is 57.3 Å². The standard InChI is InChI=1S/C19H30N4O/c1-2-23-14-6-4-7-17(23)19(24)22-16-11-9-15(10-12-16)21-18-8-3-5-13-20-18/h3,5,8,13,15-17H,2,4,6-7,9-12,14H2,1H3,(H,20,21)(H,22,24)/t15?,16?,17-/m0/s1. The Morgan fingerprint density at radius 1 is 1.17 bits per heavy atom. The van der Waals surface area contributed by atoms with Crippen LogP contribution in [0, 0.1) is 0 Å². The molecule has 2 heterocycles. The Bertz CT molecular complexity index is 513. The fraction of sp³-hybridized carbons (Fsp3) is 0.684. The summed E-state index contributed by atoms with van der Waals surface area (Å²) in [4.78, 5) is 19.3. The van der Waals surface area contributed by atoms with E-state index in [4.69, 9.17) is 0 Å². The lowest BCUT2D eigenvalue weighted by atomic mass is 9.90. The zero-order valence-electron chi connectivity index (χ0n) is 14.7. The minimum atomic E-state index is 0.0908. The summed E-state index contributed by atoms with van der Waals surface area (Å²) in [6.07, 6.45) is 9.50. The molecule has 1 aliphatic heterocycles. The molecule has 0 aromatic carbocycles. The van der Waals surface area contributed by atoms with Gasteiger partial charge < -0.3 is 10.6 Å². The van der Waals surface area contributed by atoms with Crippen LogP contribution in [0.25, 0.3) is 0 Å². The summed E-state index contributed by atoms with van der Waals surface area (Å²) < 4.78 is 0. The van der Waals surface area contributed by atoms with Gasteiger partial charge in [0, 0.05) is 18.3 Å². The van der Waals surface area contributed by atoms with Gasteiger partial charge in [0.05, 0.1) is 6.04 Å². The van der Waals surface area contributed by atoms with Crippen molar-refractivity contribution in [1.29, 1.82) is 0 Å². The van der Waals surface area contributed by atoms with Crippen molar-refractivity contribution in [3.8, 4) is 0 Å². The molecule has 1 aliphatic carbocycles. The Morgan fingerprint density at radius 2 is 1.96 bits per heavy atom. The van der Waals surface area contributed by atoms with E-state index in [9.17, 15) is 4.79 Å². The van der Waals surface area contributed by atoms with Gasteiger partial charge in [-0.25, -0.2) is 4.98 Å². The number of rotatable bonds is 5. The van der Waals surface area contributed by atoms with Crippen molar-refractivity contribution >= 4 is 11.7 Å². The zero-order valence-corrected chi connectivity index (χ0v) is 14.7. The quantitative estimate of drug-likeness (QED) is 0.872. The molecule has 5 nitrogen and oxygen atoms in total. The van der Waals surface area contributed by atoms with Crippen LogP contribution in [0.4, 0.5) is 5.82 Å². The van der Waals surface area contributed by atoms with Crippen LogP contribution in [0.1, 0.15) is 51.9 Å². The first-order valence-corrected chi connectivity index (χ1v) is 9.48. The number of likely N-dealkylation sites (tertiary alicyclic amines) is 1. The van der Waals surface area contributed by atoms with Gasteiger partial charge in [-0.3, -0.25) is 9.69 Å². The summed E-state index contributed by atoms with van der Waals surface area (Å²) in [7, 11) is 0. The van der Waals surface area contributed by atoms with Crippen LogP contribution < -0.4 is 10.6 Å². The average molecular weight is 330 g/mol. The van der Waals surface area contributed by atoms with Gasteiger partial charge in [0.2, 0.25) is 5.91 Å². The summed E-state index contributed by atoms with van der Waals surface area (Å²) in [5, 5.41) is 6.82. The third kappa shape index (κ3) is 4.47. The fourth-order valence-electron chi connectivity index (χ4n) is 4.00. The normalized spacial score (nSPS) is 28.3. The van der Waals surface area contributed by atoms with Crippen molar-refractivity contribution < 1.29 is 4.79 Å². The van der Waals surface area contributed by atoms with Gasteiger partial charge in [0.1, 0.15) is 5.82 Å². The van der Waals surface area contributed by atoms with Gasteiger partial charge in [-0.2, -0.15) is 0 Å². The van der Waals surface area contributed by atoms with Crippen molar-refractivity contribution in [2.24, 2.45) is 0 Å². The second kappa shape index (κ2) is 8.47. The number of nitrogens with one attached hydrogen (secondary N) is 2. The van der Waals surface area contributed by atoms with Crippen LogP contribution in [0.5, 0.6) is 0 Å². The zero-order chi connectivity index (χ0) is 16.8. The van der Waals surface area contributed by atoms with E-state index in [1.54, 1.807) is 0 Å². The lowest BCUT2D eigenvalue weighted by Crippen LogP contribution is -2.52. The molecule has 1 saturated carbocycles. The van der Waals surface area contributed by atoms with Gasteiger partial charge in [-0.05, 0) is 63.7 Å². The lowest BCUT2D eigenvalue weighted by Gasteiger charge is -2.36. The Balaban J connectivity index is 1.44. The molecule has 2 fully saturated rings. The van der Waals surface area contributed by atoms with E-state index in [1.165, 1.54) is 12.8 Å². The lowest BCUT2D eigenvalue weighted by molar-refractivity contribution is -0.128. The fourth-order valence-corrected chi connectivity index (χ4v) is 4.00. The molecule has 1 saturated heterocycles. The molecule has 5 heteroatoms.